The summed E-state index contributed by atoms with van der Waals surface area (Å²) in [7, 11) is 4.23. The zero-order valence-electron chi connectivity index (χ0n) is 22.0. The van der Waals surface area contributed by atoms with Crippen LogP contribution in [-0.4, -0.2) is 70.2 Å². The van der Waals surface area contributed by atoms with E-state index in [0.29, 0.717) is 0 Å². The molecule has 0 radical (unpaired) electrons. The van der Waals surface area contributed by atoms with Crippen LogP contribution in [0.15, 0.2) is 0 Å². The van der Waals surface area contributed by atoms with Gasteiger partial charge in [0, 0.05) is 47.8 Å². The molecule has 6 nitrogen and oxygen atoms in total. The lowest BCUT2D eigenvalue weighted by atomic mass is 9.78. The molecule has 0 bridgehead atoms. The van der Waals surface area contributed by atoms with E-state index in [0.717, 1.165) is 25.7 Å². The number of piperidine rings is 2. The number of hydrogen-bond donors (Lipinski definition) is 0. The summed E-state index contributed by atoms with van der Waals surface area (Å²) in [5, 5.41) is 0. The largest absolute Gasteiger partial charge is 0.461 e. The highest BCUT2D eigenvalue weighted by Crippen LogP contribution is 2.40. The highest BCUT2D eigenvalue weighted by molar-refractivity contribution is 5.99. The molecule has 31 heavy (non-hydrogen) atoms. The Labute approximate surface area is 190 Å². The van der Waals surface area contributed by atoms with E-state index in [1.807, 2.05) is 0 Å². The quantitative estimate of drug-likeness (QED) is 0.479. The van der Waals surface area contributed by atoms with Crippen LogP contribution < -0.4 is 0 Å². The smallest absolute Gasteiger partial charge is 0.323 e. The zero-order valence-corrected chi connectivity index (χ0v) is 22.0. The molecular weight excluding hydrogens is 392 g/mol. The van der Waals surface area contributed by atoms with E-state index in [4.69, 9.17) is 9.47 Å². The average molecular weight is 439 g/mol. The van der Waals surface area contributed by atoms with Gasteiger partial charge in [0.1, 0.15) is 12.2 Å². The van der Waals surface area contributed by atoms with Crippen molar-refractivity contribution in [3.63, 3.8) is 0 Å². The molecule has 6 heteroatoms. The Morgan fingerprint density at radius 2 is 0.871 bits per heavy atom. The van der Waals surface area contributed by atoms with E-state index >= 15 is 0 Å². The van der Waals surface area contributed by atoms with Crippen LogP contribution in [0.4, 0.5) is 0 Å². The third kappa shape index (κ3) is 5.27. The second kappa shape index (κ2) is 8.02. The summed E-state index contributed by atoms with van der Waals surface area (Å²) in [6.45, 7) is 20.6. The summed E-state index contributed by atoms with van der Waals surface area (Å²) in [4.78, 5) is 30.8. The van der Waals surface area contributed by atoms with Crippen molar-refractivity contribution in [1.82, 2.24) is 9.80 Å². The summed E-state index contributed by atoms with van der Waals surface area (Å²) in [5.74, 6) is -0.991. The van der Waals surface area contributed by atoms with Crippen molar-refractivity contribution in [1.29, 1.82) is 0 Å². The van der Waals surface area contributed by atoms with Crippen LogP contribution >= 0.6 is 0 Å². The van der Waals surface area contributed by atoms with Gasteiger partial charge in [0.05, 0.1) is 0 Å². The van der Waals surface area contributed by atoms with Crippen molar-refractivity contribution in [3.8, 4) is 0 Å². The number of hydrogen-bond acceptors (Lipinski definition) is 6. The van der Waals surface area contributed by atoms with Crippen molar-refractivity contribution < 1.29 is 19.1 Å². The lowest BCUT2D eigenvalue weighted by molar-refractivity contribution is -0.184. The van der Waals surface area contributed by atoms with Crippen LogP contribution in [0.5, 0.6) is 0 Å². The topological polar surface area (TPSA) is 59.1 Å². The molecule has 0 aromatic rings. The van der Waals surface area contributed by atoms with E-state index in [-0.39, 0.29) is 34.4 Å². The summed E-state index contributed by atoms with van der Waals surface area (Å²) >= 11 is 0. The van der Waals surface area contributed by atoms with Gasteiger partial charge in [-0.2, -0.15) is 0 Å². The minimum atomic E-state index is -1.34. The molecule has 2 heterocycles. The molecule has 2 aliphatic rings. The van der Waals surface area contributed by atoms with Gasteiger partial charge in [0.25, 0.3) is 0 Å². The molecule has 2 fully saturated rings. The average Bonchev–Trinajstić information content (AvgIpc) is 2.56. The van der Waals surface area contributed by atoms with E-state index < -0.39 is 17.4 Å². The first kappa shape index (κ1) is 26.1. The lowest BCUT2D eigenvalue weighted by Gasteiger charge is -2.53. The molecule has 0 aliphatic carbocycles. The van der Waals surface area contributed by atoms with Crippen LogP contribution in [0.2, 0.25) is 0 Å². The Hall–Kier alpha value is -1.14. The van der Waals surface area contributed by atoms with Crippen LogP contribution in [0, 0.1) is 5.41 Å². The summed E-state index contributed by atoms with van der Waals surface area (Å²) in [5.41, 5.74) is -1.72. The minimum Gasteiger partial charge on any atom is -0.461 e. The predicted octanol–water partition coefficient (Wildman–Crippen LogP) is 4.40. The van der Waals surface area contributed by atoms with Crippen molar-refractivity contribution in [3.05, 3.63) is 0 Å². The van der Waals surface area contributed by atoms with Gasteiger partial charge in [0.15, 0.2) is 5.41 Å². The van der Waals surface area contributed by atoms with Crippen LogP contribution in [0.3, 0.4) is 0 Å². The third-order valence-electron chi connectivity index (χ3n) is 8.11. The van der Waals surface area contributed by atoms with E-state index in [9.17, 15) is 9.59 Å². The molecule has 0 unspecified atom stereocenters. The fourth-order valence-corrected chi connectivity index (χ4v) is 5.41. The number of likely N-dealkylation sites (tertiary alicyclic amines) is 2. The molecule has 0 saturated carbocycles. The SMILES string of the molecule is CN1C(C)(C)CC(OC(=O)C(C)(C)C(=O)OC2CC(C)(C)N(C)C(C)(C)C2)CC1(C)C. The fourth-order valence-electron chi connectivity index (χ4n) is 5.41. The van der Waals surface area contributed by atoms with Gasteiger partial charge in [-0.1, -0.05) is 0 Å². The predicted molar refractivity (Wildman–Crippen MR) is 124 cm³/mol. The first-order valence-corrected chi connectivity index (χ1v) is 11.6. The number of nitrogens with zero attached hydrogens (tertiary/aromatic N) is 2. The maximum atomic E-state index is 13.1. The maximum absolute atomic E-state index is 13.1. The standard InChI is InChI=1S/C25H46N2O4/c1-21(2)13-17(14-22(3,4)26(21)11)30-19(28)25(9,10)20(29)31-18-15-23(5,6)27(12)24(7,8)16-18/h17-18H,13-16H2,1-12H3. The van der Waals surface area contributed by atoms with Gasteiger partial charge in [0.2, 0.25) is 0 Å². The van der Waals surface area contributed by atoms with Crippen LogP contribution in [0.1, 0.15) is 94.9 Å². The van der Waals surface area contributed by atoms with Crippen molar-refractivity contribution in [2.75, 3.05) is 14.1 Å². The highest BCUT2D eigenvalue weighted by atomic mass is 16.6. The molecular formula is C25H46N2O4. The van der Waals surface area contributed by atoms with Crippen molar-refractivity contribution in [2.24, 2.45) is 5.41 Å². The van der Waals surface area contributed by atoms with Gasteiger partial charge in [-0.25, -0.2) is 0 Å². The number of carbonyl (C=O) groups is 2. The van der Waals surface area contributed by atoms with Crippen LogP contribution in [0.25, 0.3) is 0 Å². The van der Waals surface area contributed by atoms with E-state index in [1.165, 1.54) is 0 Å². The number of carbonyl (C=O) groups excluding carboxylic acids is 2. The number of esters is 2. The normalized spacial score (nSPS) is 27.0. The van der Waals surface area contributed by atoms with Crippen molar-refractivity contribution in [2.45, 2.75) is 129 Å². The molecule has 2 aliphatic heterocycles. The van der Waals surface area contributed by atoms with Gasteiger partial charge in [-0.15, -0.1) is 0 Å². The molecule has 2 rings (SSSR count). The Balaban J connectivity index is 2.07. The first-order chi connectivity index (χ1) is 13.7. The monoisotopic (exact) mass is 438 g/mol. The molecule has 0 aromatic heterocycles. The minimum absolute atomic E-state index is 0.0946. The Morgan fingerprint density at radius 3 is 1.10 bits per heavy atom. The fraction of sp³-hybridized carbons (Fsp3) is 0.920. The Kier molecular flexibility index (Phi) is 6.75. The van der Waals surface area contributed by atoms with Crippen molar-refractivity contribution >= 4 is 11.9 Å². The van der Waals surface area contributed by atoms with Crippen LogP contribution in [-0.2, 0) is 19.1 Å². The van der Waals surface area contributed by atoms with Gasteiger partial charge >= 0.3 is 11.9 Å². The molecule has 0 amide bonds. The molecule has 2 saturated heterocycles. The molecule has 0 N–H and O–H groups in total. The Bertz CT molecular complexity index is 614. The number of ether oxygens (including phenoxy) is 2. The van der Waals surface area contributed by atoms with E-state index in [1.54, 1.807) is 13.8 Å². The van der Waals surface area contributed by atoms with Gasteiger partial charge < -0.3 is 9.47 Å². The van der Waals surface area contributed by atoms with E-state index in [2.05, 4.69) is 79.3 Å². The van der Waals surface area contributed by atoms with Gasteiger partial charge in [-0.05, 0) is 83.3 Å². The zero-order chi connectivity index (χ0) is 24.2. The molecule has 0 aromatic carbocycles. The van der Waals surface area contributed by atoms with Gasteiger partial charge in [-0.3, -0.25) is 19.4 Å². The summed E-state index contributed by atoms with van der Waals surface area (Å²) in [6.07, 6.45) is 2.51. The highest BCUT2D eigenvalue weighted by Gasteiger charge is 2.49. The number of rotatable bonds is 4. The first-order valence-electron chi connectivity index (χ1n) is 11.6. The Morgan fingerprint density at radius 1 is 0.645 bits per heavy atom. The second-order valence-electron chi connectivity index (χ2n) is 12.9. The summed E-state index contributed by atoms with van der Waals surface area (Å²) < 4.78 is 11.8. The maximum Gasteiger partial charge on any atom is 0.323 e. The second-order valence-corrected chi connectivity index (χ2v) is 12.9. The molecule has 0 atom stereocenters. The lowest BCUT2D eigenvalue weighted by Crippen LogP contribution is -2.61. The molecule has 180 valence electrons. The summed E-state index contributed by atoms with van der Waals surface area (Å²) in [6, 6.07) is 0. The third-order valence-corrected chi connectivity index (χ3v) is 8.11. The molecule has 0 spiro atoms.